The van der Waals surface area contributed by atoms with Crippen molar-refractivity contribution in [1.82, 2.24) is 10.2 Å². The first kappa shape index (κ1) is 19.7. The minimum atomic E-state index is -0.0234. The zero-order valence-electron chi connectivity index (χ0n) is 16.2. The van der Waals surface area contributed by atoms with Crippen molar-refractivity contribution in [2.24, 2.45) is 0 Å². The largest absolute Gasteiger partial charge is 0.372 e. The lowest BCUT2D eigenvalue weighted by Gasteiger charge is -2.22. The highest BCUT2D eigenvalue weighted by Gasteiger charge is 2.07. The Bertz CT molecular complexity index is 711. The molecule has 0 aliphatic rings. The summed E-state index contributed by atoms with van der Waals surface area (Å²) in [4.78, 5) is 14.0. The van der Waals surface area contributed by atoms with Gasteiger partial charge in [-0.1, -0.05) is 13.3 Å². The topological polar surface area (TPSA) is 70.2 Å². The second kappa shape index (κ2) is 9.75. The first-order valence-corrected chi connectivity index (χ1v) is 9.33. The molecule has 0 saturated carbocycles. The van der Waals surface area contributed by atoms with Gasteiger partial charge in [0, 0.05) is 30.9 Å². The lowest BCUT2D eigenvalue weighted by atomic mass is 10.1. The number of hydrogen-bond acceptors (Lipinski definition) is 5. The number of rotatable bonds is 9. The Labute approximate surface area is 156 Å². The molecule has 0 aliphatic heterocycles. The fourth-order valence-corrected chi connectivity index (χ4v) is 2.72. The second-order valence-electron chi connectivity index (χ2n) is 6.25. The zero-order chi connectivity index (χ0) is 18.9. The molecule has 140 valence electrons. The van der Waals surface area contributed by atoms with Gasteiger partial charge < -0.3 is 15.5 Å². The molecule has 0 aliphatic carbocycles. The van der Waals surface area contributed by atoms with Gasteiger partial charge in [0.1, 0.15) is 0 Å². The minimum absolute atomic E-state index is 0.0234. The predicted molar refractivity (Wildman–Crippen MR) is 108 cm³/mol. The maximum absolute atomic E-state index is 11.7. The second-order valence-corrected chi connectivity index (χ2v) is 6.25. The van der Waals surface area contributed by atoms with Crippen LogP contribution < -0.4 is 15.5 Å². The molecule has 26 heavy (non-hydrogen) atoms. The van der Waals surface area contributed by atoms with E-state index in [2.05, 4.69) is 71.6 Å². The standard InChI is InChI=1S/C20H29N5O/c1-5-8-9-20(26)22-19-13-12-18(23-24-19)21-17-11-10-16(14-15(17)4)25(6-2)7-3/h10-14H,5-9H2,1-4H3,(H,21,23)(H,22,24,26). The number of aromatic nitrogens is 2. The third kappa shape index (κ3) is 5.44. The average molecular weight is 355 g/mol. The number of aryl methyl sites for hydroxylation is 1. The van der Waals surface area contributed by atoms with Gasteiger partial charge in [0.25, 0.3) is 0 Å². The molecule has 1 aromatic heterocycles. The fourth-order valence-electron chi connectivity index (χ4n) is 2.72. The van der Waals surface area contributed by atoms with Gasteiger partial charge in [-0.3, -0.25) is 4.79 Å². The zero-order valence-corrected chi connectivity index (χ0v) is 16.2. The summed E-state index contributed by atoms with van der Waals surface area (Å²) < 4.78 is 0. The number of nitrogens with zero attached hydrogens (tertiary/aromatic N) is 3. The molecule has 0 bridgehead atoms. The Morgan fingerprint density at radius 1 is 1.04 bits per heavy atom. The molecule has 0 saturated heterocycles. The first-order chi connectivity index (χ1) is 12.6. The van der Waals surface area contributed by atoms with Crippen molar-refractivity contribution in [3.63, 3.8) is 0 Å². The normalized spacial score (nSPS) is 10.5. The molecule has 1 heterocycles. The van der Waals surface area contributed by atoms with Crippen molar-refractivity contribution in [2.45, 2.75) is 47.0 Å². The van der Waals surface area contributed by atoms with E-state index >= 15 is 0 Å². The quantitative estimate of drug-likeness (QED) is 0.693. The Morgan fingerprint density at radius 3 is 2.31 bits per heavy atom. The maximum Gasteiger partial charge on any atom is 0.225 e. The summed E-state index contributed by atoms with van der Waals surface area (Å²) in [6.45, 7) is 10.4. The minimum Gasteiger partial charge on any atom is -0.372 e. The third-order valence-electron chi connectivity index (χ3n) is 4.29. The monoisotopic (exact) mass is 355 g/mol. The molecule has 2 rings (SSSR count). The van der Waals surface area contributed by atoms with Gasteiger partial charge in [-0.15, -0.1) is 10.2 Å². The predicted octanol–water partition coefficient (Wildman–Crippen LogP) is 4.50. The van der Waals surface area contributed by atoms with Gasteiger partial charge >= 0.3 is 0 Å². The van der Waals surface area contributed by atoms with E-state index in [-0.39, 0.29) is 5.91 Å². The van der Waals surface area contributed by atoms with Crippen molar-refractivity contribution < 1.29 is 4.79 Å². The summed E-state index contributed by atoms with van der Waals surface area (Å²) in [6, 6.07) is 9.92. The van der Waals surface area contributed by atoms with Crippen molar-refractivity contribution >= 4 is 28.9 Å². The molecule has 0 spiro atoms. The van der Waals surface area contributed by atoms with Crippen LogP contribution in [0.15, 0.2) is 30.3 Å². The van der Waals surface area contributed by atoms with E-state index in [0.717, 1.165) is 37.2 Å². The molecule has 0 unspecified atom stereocenters. The molecular weight excluding hydrogens is 326 g/mol. The van der Waals surface area contributed by atoms with Crippen LogP contribution in [0.4, 0.5) is 23.0 Å². The van der Waals surface area contributed by atoms with E-state index in [1.54, 1.807) is 6.07 Å². The summed E-state index contributed by atoms with van der Waals surface area (Å²) >= 11 is 0. The van der Waals surface area contributed by atoms with Crippen LogP contribution in [0.2, 0.25) is 0 Å². The van der Waals surface area contributed by atoms with E-state index in [4.69, 9.17) is 0 Å². The van der Waals surface area contributed by atoms with Crippen molar-refractivity contribution in [1.29, 1.82) is 0 Å². The number of anilines is 4. The molecule has 0 radical (unpaired) electrons. The first-order valence-electron chi connectivity index (χ1n) is 9.33. The molecule has 2 aromatic rings. The van der Waals surface area contributed by atoms with Crippen molar-refractivity contribution in [2.75, 3.05) is 28.6 Å². The SMILES string of the molecule is CCCCC(=O)Nc1ccc(Nc2ccc(N(CC)CC)cc2C)nn1. The van der Waals surface area contributed by atoms with Gasteiger partial charge in [-0.25, -0.2) is 0 Å². The molecule has 1 aromatic carbocycles. The maximum atomic E-state index is 11.7. The molecule has 0 fully saturated rings. The molecule has 1 amide bonds. The molecule has 6 heteroatoms. The van der Waals surface area contributed by atoms with Gasteiger partial charge in [-0.05, 0) is 63.1 Å². The van der Waals surface area contributed by atoms with Crippen LogP contribution in [0, 0.1) is 6.92 Å². The van der Waals surface area contributed by atoms with Crippen LogP contribution in [0.1, 0.15) is 45.6 Å². The summed E-state index contributed by atoms with van der Waals surface area (Å²) in [6.07, 6.45) is 2.38. The smallest absolute Gasteiger partial charge is 0.225 e. The third-order valence-corrected chi connectivity index (χ3v) is 4.29. The van der Waals surface area contributed by atoms with Gasteiger partial charge in [-0.2, -0.15) is 0 Å². The van der Waals surface area contributed by atoms with Crippen molar-refractivity contribution in [3.05, 3.63) is 35.9 Å². The van der Waals surface area contributed by atoms with E-state index in [1.165, 1.54) is 5.69 Å². The lowest BCUT2D eigenvalue weighted by molar-refractivity contribution is -0.116. The summed E-state index contributed by atoms with van der Waals surface area (Å²) in [5.74, 6) is 1.10. The summed E-state index contributed by atoms with van der Waals surface area (Å²) in [7, 11) is 0. The summed E-state index contributed by atoms with van der Waals surface area (Å²) in [5.41, 5.74) is 3.36. The average Bonchev–Trinajstić information content (AvgIpc) is 2.64. The highest BCUT2D eigenvalue weighted by Crippen LogP contribution is 2.25. The molecule has 2 N–H and O–H groups in total. The van der Waals surface area contributed by atoms with Crippen LogP contribution >= 0.6 is 0 Å². The number of unbranched alkanes of at least 4 members (excludes halogenated alkanes) is 1. The Morgan fingerprint density at radius 2 is 1.73 bits per heavy atom. The number of carbonyl (C=O) groups is 1. The van der Waals surface area contributed by atoms with Crippen LogP contribution in [-0.4, -0.2) is 29.2 Å². The molecular formula is C20H29N5O. The Balaban J connectivity index is 2.01. The van der Waals surface area contributed by atoms with E-state index < -0.39 is 0 Å². The van der Waals surface area contributed by atoms with E-state index in [9.17, 15) is 4.79 Å². The highest BCUT2D eigenvalue weighted by atomic mass is 16.1. The van der Waals surface area contributed by atoms with Crippen LogP contribution in [0.25, 0.3) is 0 Å². The number of hydrogen-bond donors (Lipinski definition) is 2. The number of benzene rings is 1. The number of nitrogens with one attached hydrogen (secondary N) is 2. The van der Waals surface area contributed by atoms with Crippen LogP contribution in [0.3, 0.4) is 0 Å². The van der Waals surface area contributed by atoms with Crippen LogP contribution in [0.5, 0.6) is 0 Å². The number of carbonyl (C=O) groups excluding carboxylic acids is 1. The number of amides is 1. The van der Waals surface area contributed by atoms with Gasteiger partial charge in [0.15, 0.2) is 11.6 Å². The Kier molecular flexibility index (Phi) is 7.38. The summed E-state index contributed by atoms with van der Waals surface area (Å²) in [5, 5.41) is 14.3. The van der Waals surface area contributed by atoms with E-state index in [1.807, 2.05) is 6.07 Å². The highest BCUT2D eigenvalue weighted by molar-refractivity contribution is 5.89. The van der Waals surface area contributed by atoms with Crippen molar-refractivity contribution in [3.8, 4) is 0 Å². The lowest BCUT2D eigenvalue weighted by Crippen LogP contribution is -2.21. The van der Waals surface area contributed by atoms with Crippen LogP contribution in [-0.2, 0) is 4.79 Å². The van der Waals surface area contributed by atoms with E-state index in [0.29, 0.717) is 18.1 Å². The van der Waals surface area contributed by atoms with Gasteiger partial charge in [0.2, 0.25) is 5.91 Å². The molecule has 6 nitrogen and oxygen atoms in total. The molecule has 0 atom stereocenters. The van der Waals surface area contributed by atoms with Gasteiger partial charge in [0.05, 0.1) is 0 Å². The fraction of sp³-hybridized carbons (Fsp3) is 0.450. The Hall–Kier alpha value is -2.63.